The van der Waals surface area contributed by atoms with Crippen molar-refractivity contribution in [3.05, 3.63) is 83.0 Å². The molecule has 2 N–H and O–H groups in total. The number of benzene rings is 3. The predicted molar refractivity (Wildman–Crippen MR) is 173 cm³/mol. The Bertz CT molecular complexity index is 1670. The first-order chi connectivity index (χ1) is 21.3. The van der Waals surface area contributed by atoms with Gasteiger partial charge in [-0.05, 0) is 87.0 Å². The van der Waals surface area contributed by atoms with Crippen LogP contribution in [0.5, 0.6) is 23.0 Å². The number of likely N-dealkylation sites (tertiary alicyclic amines) is 1. The van der Waals surface area contributed by atoms with Crippen LogP contribution < -0.4 is 25.0 Å². The molecular formula is C32H32ClF2N5O3S. The lowest BCUT2D eigenvalue weighted by molar-refractivity contribution is 0.203. The van der Waals surface area contributed by atoms with Crippen LogP contribution in [-0.4, -0.2) is 54.6 Å². The number of piperidine rings is 1. The van der Waals surface area contributed by atoms with E-state index in [9.17, 15) is 4.39 Å². The quantitative estimate of drug-likeness (QED) is 0.0792. The maximum atomic E-state index is 15.3. The van der Waals surface area contributed by atoms with Gasteiger partial charge in [-0.2, -0.15) is 5.10 Å². The Morgan fingerprint density at radius 3 is 2.59 bits per heavy atom. The molecule has 0 radical (unpaired) electrons. The summed E-state index contributed by atoms with van der Waals surface area (Å²) in [6.45, 7) is 3.85. The molecule has 0 amide bonds. The van der Waals surface area contributed by atoms with Crippen molar-refractivity contribution in [3.63, 3.8) is 0 Å². The highest BCUT2D eigenvalue weighted by Gasteiger charge is 2.17. The lowest BCUT2D eigenvalue weighted by Crippen LogP contribution is -2.31. The van der Waals surface area contributed by atoms with Crippen molar-refractivity contribution < 1.29 is 23.0 Å². The zero-order chi connectivity index (χ0) is 31.1. The van der Waals surface area contributed by atoms with E-state index in [0.29, 0.717) is 40.3 Å². The van der Waals surface area contributed by atoms with Gasteiger partial charge in [0.15, 0.2) is 28.2 Å². The Morgan fingerprint density at radius 2 is 1.86 bits per heavy atom. The first-order valence-electron chi connectivity index (χ1n) is 14.2. The van der Waals surface area contributed by atoms with E-state index in [2.05, 4.69) is 15.0 Å². The SMILES string of the molecule is COc1cc2c(Oc3ccc(N(/N=C/c4ccc(F)cc4Cl)C(N)=S)cc3F)ccnc2cc1OCCCN1CCCCC1. The molecule has 8 nitrogen and oxygen atoms in total. The van der Waals surface area contributed by atoms with E-state index in [1.807, 2.05) is 0 Å². The summed E-state index contributed by atoms with van der Waals surface area (Å²) in [5.74, 6) is 0.293. The average molecular weight is 640 g/mol. The summed E-state index contributed by atoms with van der Waals surface area (Å²) in [6, 6.07) is 13.3. The molecule has 1 saturated heterocycles. The molecule has 4 aromatic rings. The number of thiocarbonyl (C=S) groups is 1. The number of pyridine rings is 1. The third-order valence-corrected chi connectivity index (χ3v) is 7.68. The Labute approximate surface area is 265 Å². The van der Waals surface area contributed by atoms with Crippen LogP contribution in [0, 0.1) is 11.6 Å². The fourth-order valence-corrected chi connectivity index (χ4v) is 5.31. The second-order valence-electron chi connectivity index (χ2n) is 10.2. The van der Waals surface area contributed by atoms with E-state index in [-0.39, 0.29) is 21.6 Å². The van der Waals surface area contributed by atoms with Crippen LogP contribution in [0.3, 0.4) is 0 Å². The summed E-state index contributed by atoms with van der Waals surface area (Å²) in [7, 11) is 1.57. The number of methoxy groups -OCH3 is 1. The molecule has 12 heteroatoms. The Kier molecular flexibility index (Phi) is 10.4. The van der Waals surface area contributed by atoms with Gasteiger partial charge in [-0.15, -0.1) is 0 Å². The van der Waals surface area contributed by atoms with Gasteiger partial charge in [0.05, 0.1) is 36.2 Å². The Morgan fingerprint density at radius 1 is 1.05 bits per heavy atom. The minimum atomic E-state index is -0.677. The number of fused-ring (bicyclic) bond motifs is 1. The number of ether oxygens (including phenoxy) is 3. The van der Waals surface area contributed by atoms with E-state index >= 15 is 4.39 Å². The molecule has 0 bridgehead atoms. The number of rotatable bonds is 11. The first-order valence-corrected chi connectivity index (χ1v) is 15.0. The lowest BCUT2D eigenvalue weighted by atomic mass is 10.1. The van der Waals surface area contributed by atoms with Crippen molar-refractivity contribution in [1.82, 2.24) is 9.88 Å². The van der Waals surface area contributed by atoms with Crippen molar-refractivity contribution in [2.75, 3.05) is 38.4 Å². The van der Waals surface area contributed by atoms with Gasteiger partial charge in [-0.25, -0.2) is 13.8 Å². The van der Waals surface area contributed by atoms with Crippen molar-refractivity contribution in [1.29, 1.82) is 0 Å². The molecule has 1 aromatic heterocycles. The van der Waals surface area contributed by atoms with Gasteiger partial charge in [0.1, 0.15) is 11.6 Å². The highest BCUT2D eigenvalue weighted by atomic mass is 35.5. The highest BCUT2D eigenvalue weighted by Crippen LogP contribution is 2.38. The van der Waals surface area contributed by atoms with Gasteiger partial charge in [0.25, 0.3) is 0 Å². The highest BCUT2D eigenvalue weighted by molar-refractivity contribution is 7.80. The number of hydrazone groups is 1. The summed E-state index contributed by atoms with van der Waals surface area (Å²) in [5.41, 5.74) is 7.14. The Hall–Kier alpha value is -4.06. The molecule has 1 fully saturated rings. The molecule has 5 rings (SSSR count). The van der Waals surface area contributed by atoms with E-state index < -0.39 is 11.6 Å². The standard InChI is InChI=1S/C32H32ClF2N5O3S/c1-41-30-18-24-27(19-31(30)42-15-5-14-39-12-3-2-4-13-39)37-11-10-28(24)43-29-9-8-23(17-26(29)35)40(32(36)44)38-20-21-6-7-22(34)16-25(21)33/h6-11,16-20H,2-5,12-15H2,1H3,(H2,36,44)/b38-20+. The third kappa shape index (κ3) is 7.71. The number of hydrogen-bond acceptors (Lipinski definition) is 7. The normalized spacial score (nSPS) is 13.7. The van der Waals surface area contributed by atoms with Crippen LogP contribution in [0.1, 0.15) is 31.2 Å². The third-order valence-electron chi connectivity index (χ3n) is 7.18. The fraction of sp³-hybridized carbons (Fsp3) is 0.281. The van der Waals surface area contributed by atoms with Gasteiger partial charge in [-0.3, -0.25) is 4.98 Å². The summed E-state index contributed by atoms with van der Waals surface area (Å²) in [4.78, 5) is 6.93. The minimum Gasteiger partial charge on any atom is -0.493 e. The predicted octanol–water partition coefficient (Wildman–Crippen LogP) is 7.31. The van der Waals surface area contributed by atoms with Crippen molar-refractivity contribution in [2.45, 2.75) is 25.7 Å². The summed E-state index contributed by atoms with van der Waals surface area (Å²) in [6.07, 6.45) is 7.67. The molecule has 0 atom stereocenters. The summed E-state index contributed by atoms with van der Waals surface area (Å²) < 4.78 is 46.4. The second kappa shape index (κ2) is 14.6. The molecule has 0 aliphatic carbocycles. The molecule has 3 aromatic carbocycles. The van der Waals surface area contributed by atoms with Gasteiger partial charge >= 0.3 is 0 Å². The van der Waals surface area contributed by atoms with Crippen LogP contribution in [0.2, 0.25) is 5.02 Å². The Balaban J connectivity index is 1.31. The molecule has 1 aliphatic heterocycles. The largest absolute Gasteiger partial charge is 0.493 e. The molecular weight excluding hydrogens is 608 g/mol. The fourth-order valence-electron chi connectivity index (χ4n) is 4.94. The molecule has 0 unspecified atom stereocenters. The van der Waals surface area contributed by atoms with E-state index in [1.54, 1.807) is 37.6 Å². The van der Waals surface area contributed by atoms with E-state index in [1.165, 1.54) is 49.7 Å². The number of anilines is 1. The topological polar surface area (TPSA) is 85.4 Å². The molecule has 2 heterocycles. The van der Waals surface area contributed by atoms with E-state index in [4.69, 9.17) is 43.8 Å². The second-order valence-corrected chi connectivity index (χ2v) is 11.0. The van der Waals surface area contributed by atoms with Gasteiger partial charge < -0.3 is 24.8 Å². The zero-order valence-corrected chi connectivity index (χ0v) is 25.7. The first kappa shape index (κ1) is 31.4. The van der Waals surface area contributed by atoms with Crippen LogP contribution in [0.4, 0.5) is 14.5 Å². The molecule has 44 heavy (non-hydrogen) atoms. The lowest BCUT2D eigenvalue weighted by Gasteiger charge is -2.26. The zero-order valence-electron chi connectivity index (χ0n) is 24.1. The van der Waals surface area contributed by atoms with Crippen molar-refractivity contribution in [2.24, 2.45) is 10.8 Å². The van der Waals surface area contributed by atoms with Crippen LogP contribution >= 0.6 is 23.8 Å². The van der Waals surface area contributed by atoms with Crippen LogP contribution in [0.15, 0.2) is 65.9 Å². The summed E-state index contributed by atoms with van der Waals surface area (Å²) >= 11 is 11.2. The molecule has 230 valence electrons. The number of aromatic nitrogens is 1. The minimum absolute atomic E-state index is 0.0355. The van der Waals surface area contributed by atoms with Crippen LogP contribution in [0.25, 0.3) is 10.9 Å². The number of halogens is 3. The number of nitrogens with two attached hydrogens (primary N) is 1. The van der Waals surface area contributed by atoms with Gasteiger partial charge in [0.2, 0.25) is 0 Å². The van der Waals surface area contributed by atoms with Gasteiger partial charge in [0, 0.05) is 35.8 Å². The summed E-state index contributed by atoms with van der Waals surface area (Å²) in [5, 5.41) is 6.02. The molecule has 0 saturated carbocycles. The average Bonchev–Trinajstić information content (AvgIpc) is 3.01. The van der Waals surface area contributed by atoms with Crippen LogP contribution in [-0.2, 0) is 0 Å². The number of nitrogens with zero attached hydrogens (tertiary/aromatic N) is 4. The van der Waals surface area contributed by atoms with Gasteiger partial charge in [-0.1, -0.05) is 18.0 Å². The smallest absolute Gasteiger partial charge is 0.191 e. The molecule has 0 spiro atoms. The molecule has 1 aliphatic rings. The maximum absolute atomic E-state index is 15.3. The van der Waals surface area contributed by atoms with E-state index in [0.717, 1.165) is 37.1 Å². The maximum Gasteiger partial charge on any atom is 0.191 e. The van der Waals surface area contributed by atoms with Crippen molar-refractivity contribution >= 4 is 51.7 Å². The van der Waals surface area contributed by atoms with Crippen molar-refractivity contribution in [3.8, 4) is 23.0 Å². The monoisotopic (exact) mass is 639 g/mol. The number of hydrogen-bond donors (Lipinski definition) is 1.